The number of rotatable bonds is 6. The van der Waals surface area contributed by atoms with Crippen LogP contribution in [0.3, 0.4) is 0 Å². The summed E-state index contributed by atoms with van der Waals surface area (Å²) < 4.78 is 0. The minimum Gasteiger partial charge on any atom is -0.274 e. The Balaban J connectivity index is 2.68. The molecule has 102 valence electrons. The number of allylic oxidation sites excluding steroid dienone is 1. The van der Waals surface area contributed by atoms with Crippen molar-refractivity contribution < 1.29 is 9.59 Å². The van der Waals surface area contributed by atoms with Crippen LogP contribution in [0, 0.1) is 0 Å². The molecule has 0 fully saturated rings. The van der Waals surface area contributed by atoms with Gasteiger partial charge in [0.2, 0.25) is 5.91 Å². The van der Waals surface area contributed by atoms with Crippen LogP contribution in [0.1, 0.15) is 49.9 Å². The Bertz CT molecular complexity index is 437. The highest BCUT2D eigenvalue weighted by molar-refractivity contribution is 6.04. The quantitative estimate of drug-likeness (QED) is 0.729. The molecule has 1 aromatic rings. The van der Waals surface area contributed by atoms with E-state index in [4.69, 9.17) is 0 Å². The van der Waals surface area contributed by atoms with Crippen molar-refractivity contribution >= 4 is 11.8 Å². The predicted octanol–water partition coefficient (Wildman–Crippen LogP) is 3.77. The van der Waals surface area contributed by atoms with E-state index in [1.54, 1.807) is 30.5 Å². The van der Waals surface area contributed by atoms with Gasteiger partial charge in [0.05, 0.1) is 0 Å². The largest absolute Gasteiger partial charge is 0.274 e. The lowest BCUT2D eigenvalue weighted by molar-refractivity contribution is -0.124. The first-order chi connectivity index (χ1) is 9.16. The molecule has 0 saturated heterocycles. The van der Waals surface area contributed by atoms with Crippen molar-refractivity contribution in [2.24, 2.45) is 0 Å². The van der Waals surface area contributed by atoms with Crippen molar-refractivity contribution in [3.8, 4) is 0 Å². The number of imide groups is 1. The van der Waals surface area contributed by atoms with Gasteiger partial charge in [0, 0.05) is 18.7 Å². The first-order valence-corrected chi connectivity index (χ1v) is 6.72. The van der Waals surface area contributed by atoms with Crippen LogP contribution >= 0.6 is 0 Å². The minimum absolute atomic E-state index is 0.263. The topological polar surface area (TPSA) is 37.4 Å². The Morgan fingerprint density at radius 3 is 2.42 bits per heavy atom. The van der Waals surface area contributed by atoms with Crippen molar-refractivity contribution in [3.63, 3.8) is 0 Å². The molecule has 0 heterocycles. The van der Waals surface area contributed by atoms with Crippen LogP contribution in [-0.2, 0) is 4.79 Å². The summed E-state index contributed by atoms with van der Waals surface area (Å²) in [6.45, 7) is 3.54. The summed E-state index contributed by atoms with van der Waals surface area (Å²) in [5, 5.41) is 0. The molecule has 0 atom stereocenters. The smallest absolute Gasteiger partial charge is 0.264 e. The molecule has 19 heavy (non-hydrogen) atoms. The molecule has 2 amide bonds. The summed E-state index contributed by atoms with van der Waals surface area (Å²) in [5.74, 6) is -0.541. The molecule has 0 radical (unpaired) electrons. The van der Waals surface area contributed by atoms with E-state index in [0.717, 1.165) is 25.7 Å². The number of hydrogen-bond donors (Lipinski definition) is 0. The zero-order chi connectivity index (χ0) is 14.1. The molecule has 0 aliphatic carbocycles. The van der Waals surface area contributed by atoms with E-state index in [0.29, 0.717) is 5.56 Å². The van der Waals surface area contributed by atoms with Crippen LogP contribution in [0.4, 0.5) is 0 Å². The Labute approximate surface area is 114 Å². The Hall–Kier alpha value is -1.90. The lowest BCUT2D eigenvalue weighted by atomic mass is 10.2. The third-order valence-corrected chi connectivity index (χ3v) is 2.81. The van der Waals surface area contributed by atoms with Gasteiger partial charge in [-0.05, 0) is 25.0 Å². The number of carbonyl (C=O) groups excluding carboxylic acids is 2. The van der Waals surface area contributed by atoms with Crippen LogP contribution in [0.15, 0.2) is 42.6 Å². The molecule has 0 aliphatic heterocycles. The number of carbonyl (C=O) groups is 2. The summed E-state index contributed by atoms with van der Waals surface area (Å²) in [6, 6.07) is 8.84. The Kier molecular flexibility index (Phi) is 6.58. The normalized spacial score (nSPS) is 10.6. The molecule has 0 bridgehead atoms. The number of nitrogens with zero attached hydrogens (tertiary/aromatic N) is 1. The molecule has 0 aromatic heterocycles. The van der Waals surface area contributed by atoms with Crippen LogP contribution < -0.4 is 0 Å². The van der Waals surface area contributed by atoms with E-state index in [9.17, 15) is 9.59 Å². The van der Waals surface area contributed by atoms with Gasteiger partial charge in [-0.3, -0.25) is 14.5 Å². The van der Waals surface area contributed by atoms with Crippen molar-refractivity contribution in [1.29, 1.82) is 0 Å². The van der Waals surface area contributed by atoms with Crippen LogP contribution in [-0.4, -0.2) is 16.7 Å². The van der Waals surface area contributed by atoms with E-state index in [1.165, 1.54) is 11.8 Å². The minimum atomic E-state index is -0.278. The zero-order valence-electron chi connectivity index (χ0n) is 11.6. The van der Waals surface area contributed by atoms with Gasteiger partial charge in [0.25, 0.3) is 5.91 Å². The second kappa shape index (κ2) is 8.25. The molecule has 0 N–H and O–H groups in total. The van der Waals surface area contributed by atoms with E-state index in [-0.39, 0.29) is 11.8 Å². The highest BCUT2D eigenvalue weighted by Crippen LogP contribution is 2.07. The van der Waals surface area contributed by atoms with Crippen LogP contribution in [0.5, 0.6) is 0 Å². The van der Waals surface area contributed by atoms with Gasteiger partial charge in [0.15, 0.2) is 0 Å². The van der Waals surface area contributed by atoms with E-state index in [1.807, 2.05) is 12.1 Å². The van der Waals surface area contributed by atoms with E-state index in [2.05, 4.69) is 6.92 Å². The fourth-order valence-electron chi connectivity index (χ4n) is 1.73. The molecular weight excluding hydrogens is 238 g/mol. The summed E-state index contributed by atoms with van der Waals surface area (Å²) in [5.41, 5.74) is 0.524. The van der Waals surface area contributed by atoms with Gasteiger partial charge in [-0.2, -0.15) is 0 Å². The summed E-state index contributed by atoms with van der Waals surface area (Å²) >= 11 is 0. The van der Waals surface area contributed by atoms with Gasteiger partial charge >= 0.3 is 0 Å². The third-order valence-electron chi connectivity index (χ3n) is 2.81. The lowest BCUT2D eigenvalue weighted by Crippen LogP contribution is -2.30. The zero-order valence-corrected chi connectivity index (χ0v) is 11.6. The number of unbranched alkanes of at least 4 members (excludes halogenated alkanes) is 3. The number of amides is 2. The van der Waals surface area contributed by atoms with Crippen molar-refractivity contribution in [1.82, 2.24) is 4.90 Å². The van der Waals surface area contributed by atoms with Gasteiger partial charge < -0.3 is 0 Å². The average Bonchev–Trinajstić information content (AvgIpc) is 2.43. The Morgan fingerprint density at radius 2 is 1.84 bits per heavy atom. The molecule has 1 rings (SSSR count). The third kappa shape index (κ3) is 5.08. The highest BCUT2D eigenvalue weighted by Gasteiger charge is 2.16. The standard InChI is InChI=1S/C16H21NO2/c1-3-4-5-6-10-13-17(14(2)18)16(19)15-11-8-7-9-12-15/h7-13H,3-6H2,1-2H3/b13-10+. The SMILES string of the molecule is CCCCC/C=C/N(C(C)=O)C(=O)c1ccccc1. The summed E-state index contributed by atoms with van der Waals surface area (Å²) in [7, 11) is 0. The second-order valence-corrected chi connectivity index (χ2v) is 4.44. The first-order valence-electron chi connectivity index (χ1n) is 6.72. The maximum Gasteiger partial charge on any atom is 0.264 e. The van der Waals surface area contributed by atoms with Gasteiger partial charge in [-0.25, -0.2) is 0 Å². The highest BCUT2D eigenvalue weighted by atomic mass is 16.2. The van der Waals surface area contributed by atoms with Crippen molar-refractivity contribution in [2.75, 3.05) is 0 Å². The summed E-state index contributed by atoms with van der Waals surface area (Å²) in [6.07, 6.45) is 7.77. The maximum atomic E-state index is 12.2. The molecule has 3 nitrogen and oxygen atoms in total. The van der Waals surface area contributed by atoms with Crippen molar-refractivity contribution in [3.05, 3.63) is 48.2 Å². The van der Waals surface area contributed by atoms with Gasteiger partial charge in [-0.1, -0.05) is 44.0 Å². The molecule has 0 spiro atoms. The molecular formula is C16H21NO2. The number of hydrogen-bond acceptors (Lipinski definition) is 2. The lowest BCUT2D eigenvalue weighted by Gasteiger charge is -2.14. The predicted molar refractivity (Wildman–Crippen MR) is 76.6 cm³/mol. The first kappa shape index (κ1) is 15.2. The Morgan fingerprint density at radius 1 is 1.16 bits per heavy atom. The molecule has 0 unspecified atom stereocenters. The van der Waals surface area contributed by atoms with E-state index >= 15 is 0 Å². The fraction of sp³-hybridized carbons (Fsp3) is 0.375. The monoisotopic (exact) mass is 259 g/mol. The summed E-state index contributed by atoms with van der Waals surface area (Å²) in [4.78, 5) is 24.9. The van der Waals surface area contributed by atoms with E-state index < -0.39 is 0 Å². The molecule has 1 aromatic carbocycles. The average molecular weight is 259 g/mol. The number of benzene rings is 1. The molecule has 0 saturated carbocycles. The van der Waals surface area contributed by atoms with Crippen molar-refractivity contribution in [2.45, 2.75) is 39.5 Å². The maximum absolute atomic E-state index is 12.2. The fourth-order valence-corrected chi connectivity index (χ4v) is 1.73. The van der Waals surface area contributed by atoms with Gasteiger partial charge in [-0.15, -0.1) is 0 Å². The molecule has 3 heteroatoms. The molecule has 0 aliphatic rings. The van der Waals surface area contributed by atoms with Gasteiger partial charge in [0.1, 0.15) is 0 Å². The van der Waals surface area contributed by atoms with Crippen LogP contribution in [0.2, 0.25) is 0 Å². The second-order valence-electron chi connectivity index (χ2n) is 4.44. The van der Waals surface area contributed by atoms with Crippen LogP contribution in [0.25, 0.3) is 0 Å².